The molecule has 0 aromatic heterocycles. The molecule has 1 aliphatic rings. The summed E-state index contributed by atoms with van der Waals surface area (Å²) in [5.74, 6) is 0.585. The van der Waals surface area contributed by atoms with E-state index in [4.69, 9.17) is 4.74 Å². The van der Waals surface area contributed by atoms with Crippen LogP contribution in [0.1, 0.15) is 12.5 Å². The molecule has 2 aromatic carbocycles. The van der Waals surface area contributed by atoms with Crippen LogP contribution in [0.4, 0.5) is 11.4 Å². The molecule has 1 saturated heterocycles. The van der Waals surface area contributed by atoms with Gasteiger partial charge in [-0.05, 0) is 49.4 Å². The van der Waals surface area contributed by atoms with Gasteiger partial charge in [0.25, 0.3) is 5.91 Å². The minimum absolute atomic E-state index is 0.00554. The summed E-state index contributed by atoms with van der Waals surface area (Å²) in [5.41, 5.74) is 3.02. The Bertz CT molecular complexity index is 722. The van der Waals surface area contributed by atoms with Gasteiger partial charge in [0, 0.05) is 37.6 Å². The summed E-state index contributed by atoms with van der Waals surface area (Å²) in [6.45, 7) is 9.58. The first-order chi connectivity index (χ1) is 12.7. The molecule has 0 atom stereocenters. The molecule has 0 unspecified atom stereocenters. The Labute approximate surface area is 155 Å². The quantitative estimate of drug-likeness (QED) is 0.866. The van der Waals surface area contributed by atoms with Crippen LogP contribution in [0.5, 0.6) is 5.75 Å². The summed E-state index contributed by atoms with van der Waals surface area (Å²) in [5, 5.41) is 2.89. The average Bonchev–Trinajstić information content (AvgIpc) is 2.68. The number of hydrogen-bond acceptors (Lipinski definition) is 4. The first kappa shape index (κ1) is 18.3. The highest BCUT2D eigenvalue weighted by molar-refractivity contribution is 5.92. The fourth-order valence-corrected chi connectivity index (χ4v) is 3.14. The van der Waals surface area contributed by atoms with Crippen LogP contribution in [-0.2, 0) is 4.79 Å². The lowest BCUT2D eigenvalue weighted by Crippen LogP contribution is -2.46. The Morgan fingerprint density at radius 1 is 1.04 bits per heavy atom. The van der Waals surface area contributed by atoms with E-state index in [-0.39, 0.29) is 12.5 Å². The van der Waals surface area contributed by atoms with E-state index in [1.807, 2.05) is 43.3 Å². The molecule has 3 rings (SSSR count). The third-order valence-electron chi connectivity index (χ3n) is 4.79. The fourth-order valence-electron chi connectivity index (χ4n) is 3.14. The number of rotatable bonds is 6. The summed E-state index contributed by atoms with van der Waals surface area (Å²) in [4.78, 5) is 16.9. The molecule has 0 spiro atoms. The summed E-state index contributed by atoms with van der Waals surface area (Å²) in [6.07, 6.45) is 0. The minimum Gasteiger partial charge on any atom is -0.483 e. The van der Waals surface area contributed by atoms with E-state index in [1.54, 1.807) is 0 Å². The third kappa shape index (κ3) is 4.76. The zero-order valence-electron chi connectivity index (χ0n) is 15.6. The molecule has 0 saturated carbocycles. The van der Waals surface area contributed by atoms with E-state index >= 15 is 0 Å². The van der Waals surface area contributed by atoms with Gasteiger partial charge in [-0.15, -0.1) is 0 Å². The van der Waals surface area contributed by atoms with Gasteiger partial charge < -0.3 is 19.9 Å². The number of ether oxygens (including phenoxy) is 1. The highest BCUT2D eigenvalue weighted by Crippen LogP contribution is 2.20. The van der Waals surface area contributed by atoms with Gasteiger partial charge in [0.2, 0.25) is 0 Å². The zero-order chi connectivity index (χ0) is 18.4. The molecule has 1 N–H and O–H groups in total. The number of amides is 1. The van der Waals surface area contributed by atoms with Gasteiger partial charge in [-0.25, -0.2) is 0 Å². The first-order valence-corrected chi connectivity index (χ1v) is 9.21. The number of piperazine rings is 1. The number of carbonyl (C=O) groups excluding carboxylic acids is 1. The van der Waals surface area contributed by atoms with Crippen LogP contribution in [0, 0.1) is 6.92 Å². The van der Waals surface area contributed by atoms with Gasteiger partial charge in [0.15, 0.2) is 6.61 Å². The molecule has 0 bridgehead atoms. The van der Waals surface area contributed by atoms with Crippen molar-refractivity contribution in [3.05, 3.63) is 54.1 Å². The second kappa shape index (κ2) is 8.72. The molecule has 1 aliphatic heterocycles. The van der Waals surface area contributed by atoms with Crippen LogP contribution >= 0.6 is 0 Å². The summed E-state index contributed by atoms with van der Waals surface area (Å²) in [7, 11) is 0. The standard InChI is InChI=1S/C21H27N3O2/c1-3-23-12-14-24(15-13-23)19-10-8-18(9-11-19)22-21(25)16-26-20-7-5-4-6-17(20)2/h4-11H,3,12-16H2,1-2H3,(H,22,25). The van der Waals surface area contributed by atoms with Crippen molar-refractivity contribution in [1.29, 1.82) is 0 Å². The van der Waals surface area contributed by atoms with E-state index in [0.717, 1.165) is 49.7 Å². The average molecular weight is 353 g/mol. The van der Waals surface area contributed by atoms with Crippen molar-refractivity contribution in [2.24, 2.45) is 0 Å². The lowest BCUT2D eigenvalue weighted by atomic mass is 10.2. The topological polar surface area (TPSA) is 44.8 Å². The Hall–Kier alpha value is -2.53. The minimum atomic E-state index is -0.155. The van der Waals surface area contributed by atoms with Gasteiger partial charge in [0.1, 0.15) is 5.75 Å². The van der Waals surface area contributed by atoms with Crippen molar-refractivity contribution in [3.63, 3.8) is 0 Å². The maximum atomic E-state index is 12.1. The predicted molar refractivity (Wildman–Crippen MR) is 106 cm³/mol. The van der Waals surface area contributed by atoms with Crippen molar-refractivity contribution in [1.82, 2.24) is 4.90 Å². The molecule has 1 heterocycles. The Kier molecular flexibility index (Phi) is 6.12. The third-order valence-corrected chi connectivity index (χ3v) is 4.79. The van der Waals surface area contributed by atoms with Crippen LogP contribution in [-0.4, -0.2) is 50.1 Å². The smallest absolute Gasteiger partial charge is 0.262 e. The number of nitrogens with one attached hydrogen (secondary N) is 1. The second-order valence-corrected chi connectivity index (χ2v) is 6.57. The fraction of sp³-hybridized carbons (Fsp3) is 0.381. The van der Waals surface area contributed by atoms with Crippen molar-refractivity contribution in [2.45, 2.75) is 13.8 Å². The maximum absolute atomic E-state index is 12.1. The number of hydrogen-bond donors (Lipinski definition) is 1. The molecular formula is C21H27N3O2. The molecule has 0 aliphatic carbocycles. The molecule has 26 heavy (non-hydrogen) atoms. The number of carbonyl (C=O) groups is 1. The first-order valence-electron chi connectivity index (χ1n) is 9.21. The molecule has 1 amide bonds. The van der Waals surface area contributed by atoms with Crippen molar-refractivity contribution in [3.8, 4) is 5.75 Å². The van der Waals surface area contributed by atoms with Crippen molar-refractivity contribution < 1.29 is 9.53 Å². The van der Waals surface area contributed by atoms with Crippen LogP contribution in [0.25, 0.3) is 0 Å². The Morgan fingerprint density at radius 2 is 1.73 bits per heavy atom. The number of nitrogens with zero attached hydrogens (tertiary/aromatic N) is 2. The number of para-hydroxylation sites is 1. The summed E-state index contributed by atoms with van der Waals surface area (Å²) in [6, 6.07) is 15.7. The highest BCUT2D eigenvalue weighted by atomic mass is 16.5. The van der Waals surface area contributed by atoms with Gasteiger partial charge in [-0.2, -0.15) is 0 Å². The van der Waals surface area contributed by atoms with E-state index in [1.165, 1.54) is 5.69 Å². The summed E-state index contributed by atoms with van der Waals surface area (Å²) >= 11 is 0. The van der Waals surface area contributed by atoms with E-state index in [9.17, 15) is 4.79 Å². The predicted octanol–water partition coefficient (Wildman–Crippen LogP) is 3.15. The highest BCUT2D eigenvalue weighted by Gasteiger charge is 2.15. The number of benzene rings is 2. The number of anilines is 2. The van der Waals surface area contributed by atoms with E-state index in [2.05, 4.69) is 34.2 Å². The number of aryl methyl sites for hydroxylation is 1. The normalized spacial score (nSPS) is 14.9. The van der Waals surface area contributed by atoms with E-state index in [0.29, 0.717) is 0 Å². The molecule has 0 radical (unpaired) electrons. The Morgan fingerprint density at radius 3 is 2.38 bits per heavy atom. The molecule has 5 nitrogen and oxygen atoms in total. The van der Waals surface area contributed by atoms with Crippen molar-refractivity contribution >= 4 is 17.3 Å². The largest absolute Gasteiger partial charge is 0.483 e. The van der Waals surface area contributed by atoms with Gasteiger partial charge in [-0.1, -0.05) is 25.1 Å². The molecule has 1 fully saturated rings. The lowest BCUT2D eigenvalue weighted by Gasteiger charge is -2.35. The SMILES string of the molecule is CCN1CCN(c2ccc(NC(=O)COc3ccccc3C)cc2)CC1. The second-order valence-electron chi connectivity index (χ2n) is 6.57. The van der Waals surface area contributed by atoms with Gasteiger partial charge in [0.05, 0.1) is 0 Å². The summed E-state index contributed by atoms with van der Waals surface area (Å²) < 4.78 is 5.59. The maximum Gasteiger partial charge on any atom is 0.262 e. The van der Waals surface area contributed by atoms with Gasteiger partial charge >= 0.3 is 0 Å². The van der Waals surface area contributed by atoms with Crippen molar-refractivity contribution in [2.75, 3.05) is 49.5 Å². The van der Waals surface area contributed by atoms with Gasteiger partial charge in [-0.3, -0.25) is 4.79 Å². The van der Waals surface area contributed by atoms with Crippen LogP contribution in [0.15, 0.2) is 48.5 Å². The van der Waals surface area contributed by atoms with E-state index < -0.39 is 0 Å². The van der Waals surface area contributed by atoms with Crippen LogP contribution in [0.2, 0.25) is 0 Å². The molecular weight excluding hydrogens is 326 g/mol. The number of likely N-dealkylation sites (N-methyl/N-ethyl adjacent to an activating group) is 1. The molecule has 2 aromatic rings. The zero-order valence-corrected chi connectivity index (χ0v) is 15.6. The Balaban J connectivity index is 1.49. The van der Waals surface area contributed by atoms with Crippen LogP contribution in [0.3, 0.4) is 0 Å². The molecule has 138 valence electrons. The monoisotopic (exact) mass is 353 g/mol. The van der Waals surface area contributed by atoms with Crippen LogP contribution < -0.4 is 15.0 Å². The lowest BCUT2D eigenvalue weighted by molar-refractivity contribution is -0.118. The molecule has 5 heteroatoms.